The molecule has 2 heteroatoms. The van der Waals surface area contributed by atoms with E-state index in [1.165, 1.54) is 11.1 Å². The zero-order valence-electron chi connectivity index (χ0n) is 11.6. The largest absolute Gasteiger partial charge is 0.370 e. The van der Waals surface area contributed by atoms with Gasteiger partial charge in [-0.3, -0.25) is 0 Å². The summed E-state index contributed by atoms with van der Waals surface area (Å²) in [6.07, 6.45) is 3.02. The molecule has 0 saturated heterocycles. The first-order valence-corrected chi connectivity index (χ1v) is 6.36. The Labute approximate surface area is 100 Å². The third-order valence-corrected chi connectivity index (χ3v) is 2.41. The van der Waals surface area contributed by atoms with Gasteiger partial charge in [0.05, 0.1) is 0 Å². The molecule has 0 amide bonds. The molecule has 0 aliphatic rings. The van der Waals surface area contributed by atoms with E-state index in [4.69, 9.17) is 0 Å². The molecule has 0 aliphatic carbocycles. The van der Waals surface area contributed by atoms with Crippen molar-refractivity contribution in [2.45, 2.75) is 53.9 Å². The Balaban J connectivity index is 0.00000106. The van der Waals surface area contributed by atoms with Gasteiger partial charge >= 0.3 is 0 Å². The molecule has 0 aliphatic heterocycles. The minimum atomic E-state index is 0.570. The van der Waals surface area contributed by atoms with E-state index in [1.54, 1.807) is 0 Å². The fourth-order valence-electron chi connectivity index (χ4n) is 1.60. The average molecular weight is 222 g/mol. The van der Waals surface area contributed by atoms with E-state index in [1.807, 2.05) is 20.0 Å². The highest BCUT2D eigenvalue weighted by molar-refractivity contribution is 5.48. The highest BCUT2D eigenvalue weighted by Crippen LogP contribution is 2.22. The summed E-state index contributed by atoms with van der Waals surface area (Å²) >= 11 is 0. The van der Waals surface area contributed by atoms with Gasteiger partial charge in [-0.15, -0.1) is 0 Å². The first kappa shape index (κ1) is 14.9. The topological polar surface area (TPSA) is 24.9 Å². The minimum Gasteiger partial charge on any atom is -0.370 e. The van der Waals surface area contributed by atoms with Gasteiger partial charge in [0.1, 0.15) is 5.82 Å². The predicted octanol–water partition coefficient (Wildman–Crippen LogP) is 4.36. The fourth-order valence-corrected chi connectivity index (χ4v) is 1.60. The maximum Gasteiger partial charge on any atom is 0.129 e. The molecule has 1 aromatic heterocycles. The molecule has 0 aromatic carbocycles. The maximum absolute atomic E-state index is 4.35. The highest BCUT2D eigenvalue weighted by atomic mass is 15.0. The van der Waals surface area contributed by atoms with E-state index in [9.17, 15) is 0 Å². The van der Waals surface area contributed by atoms with Gasteiger partial charge in [-0.05, 0) is 36.5 Å². The molecule has 0 unspecified atom stereocenters. The fraction of sp³-hybridized carbons (Fsp3) is 0.643. The van der Waals surface area contributed by atoms with Crippen LogP contribution in [0.4, 0.5) is 5.82 Å². The van der Waals surface area contributed by atoms with E-state index in [0.29, 0.717) is 5.92 Å². The lowest BCUT2D eigenvalue weighted by atomic mass is 9.99. The lowest BCUT2D eigenvalue weighted by Gasteiger charge is -2.13. The second-order valence-corrected chi connectivity index (χ2v) is 3.96. The smallest absolute Gasteiger partial charge is 0.129 e. The number of aromatic nitrogens is 1. The van der Waals surface area contributed by atoms with Gasteiger partial charge in [0, 0.05) is 12.7 Å². The van der Waals surface area contributed by atoms with E-state index in [-0.39, 0.29) is 0 Å². The van der Waals surface area contributed by atoms with Crippen molar-refractivity contribution in [3.8, 4) is 0 Å². The normalized spacial score (nSPS) is 9.69. The zero-order valence-corrected chi connectivity index (χ0v) is 11.6. The van der Waals surface area contributed by atoms with Crippen molar-refractivity contribution in [3.05, 3.63) is 23.4 Å². The molecule has 1 rings (SSSR count). The molecule has 0 saturated carbocycles. The molecular weight excluding hydrogens is 196 g/mol. The van der Waals surface area contributed by atoms with E-state index >= 15 is 0 Å². The van der Waals surface area contributed by atoms with Gasteiger partial charge in [0.2, 0.25) is 0 Å². The van der Waals surface area contributed by atoms with Gasteiger partial charge in [0.15, 0.2) is 0 Å². The van der Waals surface area contributed by atoms with Crippen LogP contribution < -0.4 is 5.32 Å². The van der Waals surface area contributed by atoms with Crippen LogP contribution in [-0.2, 0) is 0 Å². The zero-order chi connectivity index (χ0) is 12.6. The Morgan fingerprint density at radius 3 is 2.44 bits per heavy atom. The second kappa shape index (κ2) is 8.14. The maximum atomic E-state index is 4.35. The number of hydrogen-bond donors (Lipinski definition) is 1. The summed E-state index contributed by atoms with van der Waals surface area (Å²) in [6.45, 7) is 13.7. The van der Waals surface area contributed by atoms with Gasteiger partial charge in [0.25, 0.3) is 0 Å². The lowest BCUT2D eigenvalue weighted by molar-refractivity contribution is 0.850. The number of hydrogen-bond acceptors (Lipinski definition) is 2. The molecule has 1 aromatic rings. The lowest BCUT2D eigenvalue weighted by Crippen LogP contribution is -2.05. The Morgan fingerprint density at radius 2 is 1.94 bits per heavy atom. The summed E-state index contributed by atoms with van der Waals surface area (Å²) in [5, 5.41) is 3.35. The predicted molar refractivity (Wildman–Crippen MR) is 73.2 cm³/mol. The van der Waals surface area contributed by atoms with Gasteiger partial charge in [-0.2, -0.15) is 0 Å². The van der Waals surface area contributed by atoms with Crippen molar-refractivity contribution in [3.63, 3.8) is 0 Å². The van der Waals surface area contributed by atoms with E-state index in [0.717, 1.165) is 18.8 Å². The number of nitrogens with one attached hydrogen (secondary N) is 1. The number of rotatable bonds is 4. The van der Waals surface area contributed by atoms with Crippen molar-refractivity contribution in [2.24, 2.45) is 0 Å². The van der Waals surface area contributed by atoms with Gasteiger partial charge in [-0.1, -0.05) is 34.6 Å². The van der Waals surface area contributed by atoms with Crippen LogP contribution in [0.25, 0.3) is 0 Å². The van der Waals surface area contributed by atoms with Crippen LogP contribution in [0.2, 0.25) is 0 Å². The van der Waals surface area contributed by atoms with Crippen LogP contribution in [0.3, 0.4) is 0 Å². The van der Waals surface area contributed by atoms with Crippen molar-refractivity contribution < 1.29 is 0 Å². The Hall–Kier alpha value is -1.05. The Bertz CT molecular complexity index is 293. The molecule has 0 spiro atoms. The minimum absolute atomic E-state index is 0.570. The van der Waals surface area contributed by atoms with Crippen molar-refractivity contribution >= 4 is 5.82 Å². The first-order valence-electron chi connectivity index (χ1n) is 6.36. The van der Waals surface area contributed by atoms with Crippen molar-refractivity contribution in [2.75, 3.05) is 11.9 Å². The second-order valence-electron chi connectivity index (χ2n) is 3.96. The Kier molecular flexibility index (Phi) is 7.61. The quantitative estimate of drug-likeness (QED) is 0.818. The highest BCUT2D eigenvalue weighted by Gasteiger charge is 2.07. The monoisotopic (exact) mass is 222 g/mol. The van der Waals surface area contributed by atoms with Crippen LogP contribution in [0, 0.1) is 6.92 Å². The summed E-state index contributed by atoms with van der Waals surface area (Å²) in [7, 11) is 0. The SMILES string of the molecule is CC.CCCNc1nccc(C(C)C)c1C. The summed E-state index contributed by atoms with van der Waals surface area (Å²) in [4.78, 5) is 4.35. The number of anilines is 1. The van der Waals surface area contributed by atoms with Crippen molar-refractivity contribution in [1.82, 2.24) is 4.98 Å². The molecule has 1 heterocycles. The molecule has 0 bridgehead atoms. The summed E-state index contributed by atoms with van der Waals surface area (Å²) in [5.74, 6) is 1.61. The standard InChI is InChI=1S/C12H20N2.C2H6/c1-5-7-13-12-10(4)11(9(2)3)6-8-14-12;1-2/h6,8-9H,5,7H2,1-4H3,(H,13,14);1-2H3. The molecule has 2 nitrogen and oxygen atoms in total. The van der Waals surface area contributed by atoms with Crippen LogP contribution in [0.1, 0.15) is 58.1 Å². The molecule has 92 valence electrons. The summed E-state index contributed by atoms with van der Waals surface area (Å²) in [5.41, 5.74) is 2.68. The molecular formula is C14H26N2. The van der Waals surface area contributed by atoms with Crippen molar-refractivity contribution in [1.29, 1.82) is 0 Å². The van der Waals surface area contributed by atoms with Gasteiger partial charge in [-0.25, -0.2) is 4.98 Å². The van der Waals surface area contributed by atoms with Crippen LogP contribution in [0.15, 0.2) is 12.3 Å². The molecule has 0 radical (unpaired) electrons. The molecule has 0 atom stereocenters. The van der Waals surface area contributed by atoms with Crippen LogP contribution in [-0.4, -0.2) is 11.5 Å². The van der Waals surface area contributed by atoms with Crippen LogP contribution in [0.5, 0.6) is 0 Å². The Morgan fingerprint density at radius 1 is 1.31 bits per heavy atom. The molecule has 0 fully saturated rings. The molecule has 16 heavy (non-hydrogen) atoms. The molecule has 1 N–H and O–H groups in total. The van der Waals surface area contributed by atoms with Crippen LogP contribution >= 0.6 is 0 Å². The first-order chi connectivity index (χ1) is 7.66. The van der Waals surface area contributed by atoms with E-state index in [2.05, 4.69) is 44.1 Å². The summed E-state index contributed by atoms with van der Waals surface area (Å²) in [6, 6.07) is 2.11. The average Bonchev–Trinajstić information content (AvgIpc) is 2.30. The number of nitrogens with zero attached hydrogens (tertiary/aromatic N) is 1. The van der Waals surface area contributed by atoms with Gasteiger partial charge < -0.3 is 5.32 Å². The van der Waals surface area contributed by atoms with E-state index < -0.39 is 0 Å². The summed E-state index contributed by atoms with van der Waals surface area (Å²) < 4.78 is 0. The third-order valence-electron chi connectivity index (χ3n) is 2.41. The third kappa shape index (κ3) is 4.21. The number of pyridine rings is 1.